The molecule has 4 fully saturated rings. The molecule has 3 amide bonds. The predicted molar refractivity (Wildman–Crippen MR) is 238 cm³/mol. The molecule has 3 saturated carbocycles. The molecule has 0 aromatic heterocycles. The first-order chi connectivity index (χ1) is 28.9. The molecule has 7 rings (SSSR count). The summed E-state index contributed by atoms with van der Waals surface area (Å²) >= 11 is 0. The minimum Gasteiger partial charge on any atom is -0.496 e. The van der Waals surface area contributed by atoms with Gasteiger partial charge < -0.3 is 40.3 Å². The Morgan fingerprint density at radius 1 is 1.00 bits per heavy atom. The zero-order valence-electron chi connectivity index (χ0n) is 37.7. The van der Waals surface area contributed by atoms with Crippen molar-refractivity contribution in [2.75, 3.05) is 66.9 Å². The van der Waals surface area contributed by atoms with E-state index in [2.05, 4.69) is 48.4 Å². The first-order valence-corrected chi connectivity index (χ1v) is 21.7. The van der Waals surface area contributed by atoms with E-state index in [1.54, 1.807) is 39.3 Å². The molecule has 3 aromatic carbocycles. The zero-order valence-corrected chi connectivity index (χ0v) is 37.7. The van der Waals surface area contributed by atoms with Crippen molar-refractivity contribution in [2.45, 2.75) is 83.8 Å². The highest BCUT2D eigenvalue weighted by Gasteiger charge is 2.57. The fourth-order valence-corrected chi connectivity index (χ4v) is 10.2. The summed E-state index contributed by atoms with van der Waals surface area (Å²) in [5.74, 6) is 0.648. The van der Waals surface area contributed by atoms with E-state index in [0.717, 1.165) is 12.0 Å². The number of fused-ring (bicyclic) bond motifs is 2. The summed E-state index contributed by atoms with van der Waals surface area (Å²) in [4.78, 5) is 53.3. The van der Waals surface area contributed by atoms with Crippen LogP contribution in [-0.4, -0.2) is 135 Å². The van der Waals surface area contributed by atoms with Crippen LogP contribution >= 0.6 is 0 Å². The van der Waals surface area contributed by atoms with E-state index in [0.29, 0.717) is 64.4 Å². The van der Waals surface area contributed by atoms with Gasteiger partial charge in [-0.3, -0.25) is 19.2 Å². The Hall–Kier alpha value is -4.53. The summed E-state index contributed by atoms with van der Waals surface area (Å²) in [6.07, 6.45) is 1.01. The number of hydroxylamine groups is 2. The number of benzene rings is 3. The number of nitrogens with one attached hydrogen (secondary N) is 2. The molecule has 1 saturated heterocycles. The van der Waals surface area contributed by atoms with Gasteiger partial charge in [-0.2, -0.15) is 5.06 Å². The van der Waals surface area contributed by atoms with Crippen LogP contribution in [0.3, 0.4) is 0 Å². The number of hydrogen-bond donors (Lipinski definition) is 4. The Morgan fingerprint density at radius 3 is 2.33 bits per heavy atom. The van der Waals surface area contributed by atoms with Crippen LogP contribution in [0.25, 0.3) is 11.1 Å². The Balaban J connectivity index is 1.33. The van der Waals surface area contributed by atoms with E-state index in [-0.39, 0.29) is 54.9 Å². The molecule has 9 atom stereocenters. The highest BCUT2D eigenvalue weighted by Crippen LogP contribution is 2.61. The van der Waals surface area contributed by atoms with Gasteiger partial charge >= 0.3 is 0 Å². The van der Waals surface area contributed by atoms with Crippen LogP contribution in [0.4, 0.5) is 5.69 Å². The van der Waals surface area contributed by atoms with Crippen molar-refractivity contribution >= 4 is 23.4 Å². The zero-order chi connectivity index (χ0) is 44.3. The van der Waals surface area contributed by atoms with Crippen molar-refractivity contribution in [1.82, 2.24) is 25.5 Å². The highest BCUT2D eigenvalue weighted by atomic mass is 16.7. The molecule has 61 heavy (non-hydrogen) atoms. The van der Waals surface area contributed by atoms with Gasteiger partial charge in [-0.1, -0.05) is 69.3 Å². The third-order valence-corrected chi connectivity index (χ3v) is 13.7. The van der Waals surface area contributed by atoms with Gasteiger partial charge in [-0.25, -0.2) is 0 Å². The maximum absolute atomic E-state index is 14.4. The van der Waals surface area contributed by atoms with Gasteiger partial charge in [0, 0.05) is 68.1 Å². The second-order valence-corrected chi connectivity index (χ2v) is 18.8. The van der Waals surface area contributed by atoms with E-state index >= 15 is 0 Å². The maximum Gasteiger partial charge on any atom is 0.251 e. The monoisotopic (exact) mass is 841 g/mol. The number of aliphatic hydroxyl groups excluding tert-OH is 2. The summed E-state index contributed by atoms with van der Waals surface area (Å²) in [5.41, 5.74) is 4.55. The van der Waals surface area contributed by atoms with Crippen molar-refractivity contribution in [3.8, 4) is 16.9 Å². The summed E-state index contributed by atoms with van der Waals surface area (Å²) in [6.45, 7) is 8.99. The molecular formula is C48H68N6O7. The summed E-state index contributed by atoms with van der Waals surface area (Å²) in [5, 5.41) is 29.7. The molecule has 2 bridgehead atoms. The average Bonchev–Trinajstić information content (AvgIpc) is 3.59. The van der Waals surface area contributed by atoms with Crippen LogP contribution in [-0.2, 0) is 27.4 Å². The third kappa shape index (κ3) is 10.1. The molecule has 3 aromatic rings. The summed E-state index contributed by atoms with van der Waals surface area (Å²) in [7, 11) is 10.8. The van der Waals surface area contributed by atoms with Gasteiger partial charge in [0.15, 0.2) is 0 Å². The van der Waals surface area contributed by atoms with Crippen LogP contribution in [0.15, 0.2) is 66.7 Å². The van der Waals surface area contributed by atoms with Gasteiger partial charge in [-0.05, 0) is 92.8 Å². The second-order valence-electron chi connectivity index (χ2n) is 18.8. The number of methoxy groups -OCH3 is 1. The number of carbonyl (C=O) groups excluding carboxylic acids is 3. The molecule has 0 spiro atoms. The fourth-order valence-electron chi connectivity index (χ4n) is 10.2. The molecule has 4 aliphatic rings. The van der Waals surface area contributed by atoms with Crippen molar-refractivity contribution in [1.29, 1.82) is 0 Å². The number of likely N-dealkylation sites (N-methyl/N-ethyl adjacent to an activating group) is 3. The molecule has 0 radical (unpaired) electrons. The molecule has 3 aliphatic carbocycles. The van der Waals surface area contributed by atoms with Crippen LogP contribution in [0.2, 0.25) is 0 Å². The van der Waals surface area contributed by atoms with E-state index in [9.17, 15) is 24.6 Å². The Kier molecular flexibility index (Phi) is 14.5. The van der Waals surface area contributed by atoms with Gasteiger partial charge in [0.25, 0.3) is 5.91 Å². The van der Waals surface area contributed by atoms with Gasteiger partial charge in [0.2, 0.25) is 11.8 Å². The van der Waals surface area contributed by atoms with Crippen molar-refractivity contribution in [2.24, 2.45) is 29.1 Å². The average molecular weight is 841 g/mol. The number of ether oxygens (including phenoxy) is 1. The normalized spacial score (nSPS) is 25.3. The number of amides is 3. The lowest BCUT2D eigenvalue weighted by Gasteiger charge is -2.62. The standard InChI is InChI=1S/C48H68N6O7/c1-29-39-23-35(48(39,3)4)24-40(29)50-47(59)44-43(30(2)56)41(28-55)61-54(44)25-32-17-14-18-38(45(32)60-10)33-20-34(22-37(21-33)53(9)27-42(57)52(7)8)46(58)49-36(26-51(5)6)19-31-15-12-11-13-16-31/h11-18,20-22,29-30,35-36,39-41,43-44,55-56H,19,23-28H2,1-10H3,(H,49,58)(H,50,59)/t29-,30-,35+,36-,39-,40-,41-,43+,44-/m0/s1. The number of carbonyl (C=O) groups is 3. The van der Waals surface area contributed by atoms with Crippen LogP contribution in [0, 0.1) is 29.1 Å². The van der Waals surface area contributed by atoms with E-state index in [4.69, 9.17) is 9.57 Å². The van der Waals surface area contributed by atoms with Gasteiger partial charge in [0.1, 0.15) is 17.9 Å². The molecule has 13 nitrogen and oxygen atoms in total. The lowest BCUT2D eigenvalue weighted by atomic mass is 9.45. The first-order valence-electron chi connectivity index (χ1n) is 21.7. The minimum atomic E-state index is -0.934. The molecular weight excluding hydrogens is 773 g/mol. The largest absolute Gasteiger partial charge is 0.496 e. The second kappa shape index (κ2) is 19.2. The van der Waals surface area contributed by atoms with E-state index in [1.807, 2.05) is 74.6 Å². The van der Waals surface area contributed by atoms with Crippen LogP contribution in [0.5, 0.6) is 5.75 Å². The Bertz CT molecular complexity index is 2010. The molecule has 332 valence electrons. The third-order valence-electron chi connectivity index (χ3n) is 13.7. The fraction of sp³-hybridized carbons (Fsp3) is 0.562. The van der Waals surface area contributed by atoms with Crippen molar-refractivity contribution in [3.05, 3.63) is 83.4 Å². The molecule has 1 aliphatic heterocycles. The molecule has 1 heterocycles. The number of rotatable bonds is 17. The number of anilines is 1. The maximum atomic E-state index is 14.4. The predicted octanol–water partition coefficient (Wildman–Crippen LogP) is 4.45. The number of para-hydroxylation sites is 1. The smallest absolute Gasteiger partial charge is 0.251 e. The topological polar surface area (TPSA) is 147 Å². The van der Waals surface area contributed by atoms with Gasteiger partial charge in [0.05, 0.1) is 32.9 Å². The highest BCUT2D eigenvalue weighted by molar-refractivity contribution is 5.97. The lowest BCUT2D eigenvalue weighted by Crippen LogP contribution is -2.62. The molecule has 4 N–H and O–H groups in total. The SMILES string of the molecule is COc1c(CN2O[C@@H](CO)[C@@H]([C@H](C)O)[C@H]2C(=O)N[C@H]2C[C@H]3C[C@@H]([C@@H]2C)C3(C)C)cccc1-c1cc(C(=O)N[C@@H](Cc2ccccc2)CN(C)C)cc(N(C)CC(=O)N(C)C)c1. The number of nitrogens with zero attached hydrogens (tertiary/aromatic N) is 4. The summed E-state index contributed by atoms with van der Waals surface area (Å²) < 4.78 is 6.15. The Morgan fingerprint density at radius 2 is 1.72 bits per heavy atom. The molecule has 13 heteroatoms. The van der Waals surface area contributed by atoms with Crippen molar-refractivity contribution < 1.29 is 34.2 Å². The minimum absolute atomic E-state index is 0.00753. The van der Waals surface area contributed by atoms with Crippen LogP contribution in [0.1, 0.15) is 62.0 Å². The van der Waals surface area contributed by atoms with E-state index in [1.165, 1.54) is 11.3 Å². The lowest BCUT2D eigenvalue weighted by molar-refractivity contribution is -0.183. The number of hydrogen-bond acceptors (Lipinski definition) is 10. The van der Waals surface area contributed by atoms with Gasteiger partial charge in [-0.15, -0.1) is 0 Å². The summed E-state index contributed by atoms with van der Waals surface area (Å²) in [6, 6.07) is 20.3. The Labute approximate surface area is 362 Å². The van der Waals surface area contributed by atoms with E-state index < -0.39 is 24.2 Å². The molecule has 0 unspecified atom stereocenters. The van der Waals surface area contributed by atoms with Crippen LogP contribution < -0.4 is 20.3 Å². The number of aliphatic hydroxyl groups is 2. The van der Waals surface area contributed by atoms with Crippen molar-refractivity contribution in [3.63, 3.8) is 0 Å². The first kappa shape index (κ1) is 46.0. The quantitative estimate of drug-likeness (QED) is 0.154.